The summed E-state index contributed by atoms with van der Waals surface area (Å²) in [6.45, 7) is 3.03. The zero-order valence-electron chi connectivity index (χ0n) is 13.4. The molecule has 1 aliphatic carbocycles. The predicted octanol–water partition coefficient (Wildman–Crippen LogP) is 1.57. The van der Waals surface area contributed by atoms with E-state index in [2.05, 4.69) is 15.3 Å². The number of hydrogen-bond acceptors (Lipinski definition) is 4. The van der Waals surface area contributed by atoms with Crippen molar-refractivity contribution in [1.82, 2.24) is 19.9 Å². The SMILES string of the molecule is Cc1nccn1-c1ccc(CNC(=O)[C@@H]2CCC[C@@H]2CN)cn1. The molecule has 23 heavy (non-hydrogen) atoms. The fraction of sp³-hybridized carbons (Fsp3) is 0.471. The summed E-state index contributed by atoms with van der Waals surface area (Å²) in [7, 11) is 0. The van der Waals surface area contributed by atoms with Crippen LogP contribution in [0.5, 0.6) is 0 Å². The Morgan fingerprint density at radius 3 is 2.91 bits per heavy atom. The van der Waals surface area contributed by atoms with Gasteiger partial charge in [0.1, 0.15) is 11.6 Å². The number of nitrogens with zero attached hydrogens (tertiary/aromatic N) is 3. The fourth-order valence-corrected chi connectivity index (χ4v) is 3.27. The zero-order chi connectivity index (χ0) is 16.2. The van der Waals surface area contributed by atoms with Gasteiger partial charge in [-0.2, -0.15) is 0 Å². The van der Waals surface area contributed by atoms with Crippen LogP contribution in [0.1, 0.15) is 30.7 Å². The second-order valence-electron chi connectivity index (χ2n) is 6.12. The number of carbonyl (C=O) groups is 1. The molecule has 0 spiro atoms. The molecule has 3 rings (SSSR count). The fourth-order valence-electron chi connectivity index (χ4n) is 3.27. The van der Waals surface area contributed by atoms with Crippen LogP contribution >= 0.6 is 0 Å². The molecule has 1 amide bonds. The molecule has 1 saturated carbocycles. The van der Waals surface area contributed by atoms with E-state index in [4.69, 9.17) is 5.73 Å². The first-order chi connectivity index (χ1) is 11.2. The molecule has 0 aromatic carbocycles. The monoisotopic (exact) mass is 313 g/mol. The lowest BCUT2D eigenvalue weighted by atomic mass is 9.95. The van der Waals surface area contributed by atoms with Crippen LogP contribution in [0.2, 0.25) is 0 Å². The van der Waals surface area contributed by atoms with Gasteiger partial charge in [-0.1, -0.05) is 12.5 Å². The van der Waals surface area contributed by atoms with Crippen molar-refractivity contribution in [2.45, 2.75) is 32.7 Å². The summed E-state index contributed by atoms with van der Waals surface area (Å²) in [6, 6.07) is 3.92. The molecule has 0 saturated heterocycles. The van der Waals surface area contributed by atoms with Gasteiger partial charge in [-0.15, -0.1) is 0 Å². The third-order valence-electron chi connectivity index (χ3n) is 4.65. The number of aryl methyl sites for hydroxylation is 1. The van der Waals surface area contributed by atoms with Crippen LogP contribution in [0.25, 0.3) is 5.82 Å². The first kappa shape index (κ1) is 15.7. The number of aromatic nitrogens is 3. The Morgan fingerprint density at radius 1 is 1.39 bits per heavy atom. The quantitative estimate of drug-likeness (QED) is 0.877. The molecule has 0 aliphatic heterocycles. The summed E-state index contributed by atoms with van der Waals surface area (Å²) in [4.78, 5) is 20.9. The maximum Gasteiger partial charge on any atom is 0.223 e. The highest BCUT2D eigenvalue weighted by atomic mass is 16.1. The summed E-state index contributed by atoms with van der Waals surface area (Å²) < 4.78 is 1.92. The lowest BCUT2D eigenvalue weighted by Crippen LogP contribution is -2.34. The average Bonchev–Trinajstić information content (AvgIpc) is 3.21. The summed E-state index contributed by atoms with van der Waals surface area (Å²) in [5, 5.41) is 3.02. The number of carbonyl (C=O) groups excluding carboxylic acids is 1. The van der Waals surface area contributed by atoms with Gasteiger partial charge in [0.05, 0.1) is 0 Å². The van der Waals surface area contributed by atoms with E-state index in [0.717, 1.165) is 36.5 Å². The zero-order valence-corrected chi connectivity index (χ0v) is 13.4. The molecule has 0 unspecified atom stereocenters. The normalized spacial score (nSPS) is 20.6. The number of rotatable bonds is 5. The highest BCUT2D eigenvalue weighted by Gasteiger charge is 2.31. The Hall–Kier alpha value is -2.21. The summed E-state index contributed by atoms with van der Waals surface area (Å²) in [5.74, 6) is 2.25. The van der Waals surface area contributed by atoms with Crippen LogP contribution in [0.15, 0.2) is 30.7 Å². The van der Waals surface area contributed by atoms with E-state index >= 15 is 0 Å². The van der Waals surface area contributed by atoms with Crippen molar-refractivity contribution in [3.8, 4) is 5.82 Å². The molecule has 0 radical (unpaired) electrons. The van der Waals surface area contributed by atoms with Gasteiger partial charge < -0.3 is 11.1 Å². The third-order valence-corrected chi connectivity index (χ3v) is 4.65. The lowest BCUT2D eigenvalue weighted by Gasteiger charge is -2.17. The van der Waals surface area contributed by atoms with Gasteiger partial charge in [0.25, 0.3) is 0 Å². The van der Waals surface area contributed by atoms with Crippen molar-refractivity contribution in [2.75, 3.05) is 6.54 Å². The number of nitrogens with two attached hydrogens (primary N) is 1. The van der Waals surface area contributed by atoms with Crippen molar-refractivity contribution < 1.29 is 4.79 Å². The average molecular weight is 313 g/mol. The van der Waals surface area contributed by atoms with E-state index < -0.39 is 0 Å². The first-order valence-electron chi connectivity index (χ1n) is 8.12. The Labute approximate surface area is 136 Å². The smallest absolute Gasteiger partial charge is 0.223 e. The Bertz CT molecular complexity index is 664. The van der Waals surface area contributed by atoms with Crippen molar-refractivity contribution in [2.24, 2.45) is 17.6 Å². The van der Waals surface area contributed by atoms with Gasteiger partial charge in [0.15, 0.2) is 0 Å². The number of pyridine rings is 1. The van der Waals surface area contributed by atoms with Crippen molar-refractivity contribution >= 4 is 5.91 Å². The first-order valence-corrected chi connectivity index (χ1v) is 8.12. The number of nitrogens with one attached hydrogen (secondary N) is 1. The highest BCUT2D eigenvalue weighted by Crippen LogP contribution is 2.30. The molecule has 2 atom stereocenters. The van der Waals surface area contributed by atoms with Gasteiger partial charge in [-0.3, -0.25) is 9.36 Å². The predicted molar refractivity (Wildman–Crippen MR) is 87.8 cm³/mol. The van der Waals surface area contributed by atoms with Crippen LogP contribution in [0.3, 0.4) is 0 Å². The van der Waals surface area contributed by atoms with E-state index in [1.165, 1.54) is 0 Å². The van der Waals surface area contributed by atoms with Crippen molar-refractivity contribution in [1.29, 1.82) is 0 Å². The molecule has 2 aromatic heterocycles. The molecule has 1 aliphatic rings. The second-order valence-corrected chi connectivity index (χ2v) is 6.12. The molecule has 2 aromatic rings. The Balaban J connectivity index is 1.59. The molecule has 3 N–H and O–H groups in total. The molecule has 1 fully saturated rings. The second kappa shape index (κ2) is 6.91. The summed E-state index contributed by atoms with van der Waals surface area (Å²) >= 11 is 0. The highest BCUT2D eigenvalue weighted by molar-refractivity contribution is 5.79. The van der Waals surface area contributed by atoms with E-state index in [0.29, 0.717) is 19.0 Å². The standard InChI is InChI=1S/C17H23N5O/c1-12-19-7-8-22(12)16-6-5-13(10-20-16)11-21-17(23)15-4-2-3-14(15)9-18/h5-8,10,14-15H,2-4,9,11,18H2,1H3,(H,21,23)/t14-,15-/m1/s1. The topological polar surface area (TPSA) is 85.8 Å². The molecular weight excluding hydrogens is 290 g/mol. The van der Waals surface area contributed by atoms with Crippen LogP contribution in [0, 0.1) is 18.8 Å². The van der Waals surface area contributed by atoms with E-state index in [9.17, 15) is 4.79 Å². The van der Waals surface area contributed by atoms with Crippen LogP contribution in [-0.2, 0) is 11.3 Å². The minimum absolute atomic E-state index is 0.0702. The number of amides is 1. The lowest BCUT2D eigenvalue weighted by molar-refractivity contribution is -0.126. The molecule has 6 nitrogen and oxygen atoms in total. The Kier molecular flexibility index (Phi) is 4.71. The molecular formula is C17H23N5O. The van der Waals surface area contributed by atoms with Crippen LogP contribution < -0.4 is 11.1 Å². The number of hydrogen-bond donors (Lipinski definition) is 2. The Morgan fingerprint density at radius 2 is 2.26 bits per heavy atom. The molecule has 0 bridgehead atoms. The maximum absolute atomic E-state index is 12.3. The molecule has 2 heterocycles. The van der Waals surface area contributed by atoms with Gasteiger partial charge >= 0.3 is 0 Å². The summed E-state index contributed by atoms with van der Waals surface area (Å²) in [6.07, 6.45) is 8.54. The number of imidazole rings is 1. The van der Waals surface area contributed by atoms with Crippen molar-refractivity contribution in [3.63, 3.8) is 0 Å². The van der Waals surface area contributed by atoms with Gasteiger partial charge in [0, 0.05) is 31.1 Å². The molecule has 122 valence electrons. The third kappa shape index (κ3) is 3.42. The maximum atomic E-state index is 12.3. The van der Waals surface area contributed by atoms with E-state index in [-0.39, 0.29) is 11.8 Å². The van der Waals surface area contributed by atoms with E-state index in [1.807, 2.05) is 29.8 Å². The van der Waals surface area contributed by atoms with Gasteiger partial charge in [-0.25, -0.2) is 9.97 Å². The summed E-state index contributed by atoms with van der Waals surface area (Å²) in [5.41, 5.74) is 6.74. The minimum atomic E-state index is 0.0702. The van der Waals surface area contributed by atoms with Crippen molar-refractivity contribution in [3.05, 3.63) is 42.1 Å². The largest absolute Gasteiger partial charge is 0.352 e. The molecule has 6 heteroatoms. The van der Waals surface area contributed by atoms with Gasteiger partial charge in [0.2, 0.25) is 5.91 Å². The van der Waals surface area contributed by atoms with Gasteiger partial charge in [-0.05, 0) is 43.9 Å². The minimum Gasteiger partial charge on any atom is -0.352 e. The van der Waals surface area contributed by atoms with Crippen LogP contribution in [0.4, 0.5) is 0 Å². The van der Waals surface area contributed by atoms with E-state index in [1.54, 1.807) is 12.4 Å². The van der Waals surface area contributed by atoms with Crippen LogP contribution in [-0.4, -0.2) is 27.0 Å².